The summed E-state index contributed by atoms with van der Waals surface area (Å²) in [4.78, 5) is 5.27. The maximum atomic E-state index is 11.8. The van der Waals surface area contributed by atoms with Crippen molar-refractivity contribution >= 4 is 15.5 Å². The maximum Gasteiger partial charge on any atom is 0.178 e. The highest BCUT2D eigenvalue weighted by Crippen LogP contribution is 2.25. The molecule has 21 heavy (non-hydrogen) atoms. The molecule has 1 saturated heterocycles. The molecule has 0 saturated carbocycles. The third-order valence-corrected chi connectivity index (χ3v) is 6.22. The first-order valence-corrected chi connectivity index (χ1v) is 9.22. The van der Waals surface area contributed by atoms with Crippen LogP contribution >= 0.6 is 0 Å². The van der Waals surface area contributed by atoms with E-state index in [2.05, 4.69) is 22.0 Å². The second kappa shape index (κ2) is 5.81. The Kier molecular flexibility index (Phi) is 4.04. The molecule has 0 aliphatic carbocycles. The molecule has 2 heterocycles. The number of hydrogen-bond acceptors (Lipinski definition) is 4. The van der Waals surface area contributed by atoms with Crippen molar-refractivity contribution in [2.45, 2.75) is 24.3 Å². The van der Waals surface area contributed by atoms with Crippen LogP contribution in [0.2, 0.25) is 0 Å². The number of hydrogen-bond donors (Lipinski definition) is 0. The van der Waals surface area contributed by atoms with Gasteiger partial charge >= 0.3 is 0 Å². The fourth-order valence-corrected chi connectivity index (χ4v) is 3.98. The van der Waals surface area contributed by atoms with Gasteiger partial charge in [-0.2, -0.15) is 0 Å². The predicted octanol–water partition coefficient (Wildman–Crippen LogP) is 1.93. The Morgan fingerprint density at radius 2 is 1.81 bits per heavy atom. The number of benzene rings is 1. The van der Waals surface area contributed by atoms with Crippen molar-refractivity contribution in [1.29, 1.82) is 0 Å². The number of rotatable bonds is 4. The molecular formula is C16H22N2O2S. The van der Waals surface area contributed by atoms with Gasteiger partial charge in [0.1, 0.15) is 0 Å². The lowest BCUT2D eigenvalue weighted by atomic mass is 10.2. The van der Waals surface area contributed by atoms with Crippen LogP contribution < -0.4 is 4.90 Å². The molecule has 0 amide bonds. The van der Waals surface area contributed by atoms with E-state index in [0.717, 1.165) is 31.9 Å². The van der Waals surface area contributed by atoms with E-state index >= 15 is 0 Å². The quantitative estimate of drug-likeness (QED) is 0.797. The van der Waals surface area contributed by atoms with Gasteiger partial charge in [-0.05, 0) is 30.7 Å². The zero-order valence-electron chi connectivity index (χ0n) is 12.4. The number of anilines is 1. The second-order valence-electron chi connectivity index (χ2n) is 5.71. The maximum absolute atomic E-state index is 11.8. The van der Waals surface area contributed by atoms with Gasteiger partial charge in [-0.25, -0.2) is 8.42 Å². The van der Waals surface area contributed by atoms with Gasteiger partial charge in [0.2, 0.25) is 0 Å². The summed E-state index contributed by atoms with van der Waals surface area (Å²) in [6, 6.07) is 7.96. The molecule has 114 valence electrons. The summed E-state index contributed by atoms with van der Waals surface area (Å²) >= 11 is 0. The molecule has 2 aliphatic rings. The Balaban J connectivity index is 1.68. The molecule has 5 heteroatoms. The van der Waals surface area contributed by atoms with Gasteiger partial charge in [0.25, 0.3) is 0 Å². The number of sulfone groups is 1. The Labute approximate surface area is 127 Å². The summed E-state index contributed by atoms with van der Waals surface area (Å²) in [5.41, 5.74) is 1.12. The van der Waals surface area contributed by atoms with Crippen LogP contribution in [0.3, 0.4) is 0 Å². The van der Waals surface area contributed by atoms with Crippen LogP contribution in [0, 0.1) is 0 Å². The summed E-state index contributed by atoms with van der Waals surface area (Å²) in [7, 11) is -3.10. The summed E-state index contributed by atoms with van der Waals surface area (Å²) in [6.45, 7) is 5.87. The molecule has 0 unspecified atom stereocenters. The Bertz CT molecular complexity index is 614. The van der Waals surface area contributed by atoms with Crippen LogP contribution in [0.15, 0.2) is 41.3 Å². The SMILES string of the molecule is CCS(=O)(=O)c1ccc(N2CC[C@H](N3CC=CC3)C2)cc1. The van der Waals surface area contributed by atoms with Crippen molar-refractivity contribution in [2.24, 2.45) is 0 Å². The fourth-order valence-electron chi connectivity index (χ4n) is 3.10. The normalized spacial score (nSPS) is 23.1. The van der Waals surface area contributed by atoms with E-state index in [0.29, 0.717) is 10.9 Å². The smallest absolute Gasteiger partial charge is 0.178 e. The summed E-state index contributed by atoms with van der Waals surface area (Å²) in [6.07, 6.45) is 5.64. The third-order valence-electron chi connectivity index (χ3n) is 4.47. The van der Waals surface area contributed by atoms with Crippen molar-refractivity contribution in [1.82, 2.24) is 4.90 Å². The van der Waals surface area contributed by atoms with Gasteiger partial charge in [0.05, 0.1) is 10.6 Å². The number of nitrogens with zero attached hydrogens (tertiary/aromatic N) is 2. The molecule has 0 aromatic heterocycles. The van der Waals surface area contributed by atoms with Gasteiger partial charge in [-0.15, -0.1) is 0 Å². The highest BCUT2D eigenvalue weighted by molar-refractivity contribution is 7.91. The van der Waals surface area contributed by atoms with E-state index in [1.165, 1.54) is 6.42 Å². The zero-order valence-corrected chi connectivity index (χ0v) is 13.2. The van der Waals surface area contributed by atoms with Crippen LogP contribution in [0.25, 0.3) is 0 Å². The molecule has 4 nitrogen and oxygen atoms in total. The molecule has 1 atom stereocenters. The van der Waals surface area contributed by atoms with Gasteiger partial charge < -0.3 is 4.90 Å². The van der Waals surface area contributed by atoms with Crippen LogP contribution in [-0.4, -0.2) is 51.3 Å². The topological polar surface area (TPSA) is 40.6 Å². The van der Waals surface area contributed by atoms with Crippen molar-refractivity contribution in [3.63, 3.8) is 0 Å². The van der Waals surface area contributed by atoms with E-state index in [4.69, 9.17) is 0 Å². The standard InChI is InChI=1S/C16H22N2O2S/c1-2-21(19,20)16-7-5-14(6-8-16)18-12-9-15(13-18)17-10-3-4-11-17/h3-8,15H,2,9-13H2,1H3/t15-/m0/s1. The third kappa shape index (κ3) is 2.99. The Morgan fingerprint density at radius 1 is 1.14 bits per heavy atom. The lowest BCUT2D eigenvalue weighted by Gasteiger charge is -2.24. The van der Waals surface area contributed by atoms with Crippen molar-refractivity contribution in [3.8, 4) is 0 Å². The van der Waals surface area contributed by atoms with Gasteiger partial charge in [-0.3, -0.25) is 4.90 Å². The largest absolute Gasteiger partial charge is 0.370 e. The minimum absolute atomic E-state index is 0.153. The van der Waals surface area contributed by atoms with Gasteiger partial charge in [-0.1, -0.05) is 19.1 Å². The van der Waals surface area contributed by atoms with Gasteiger partial charge in [0, 0.05) is 37.9 Å². The van der Waals surface area contributed by atoms with E-state index in [-0.39, 0.29) is 5.75 Å². The van der Waals surface area contributed by atoms with Gasteiger partial charge in [0.15, 0.2) is 9.84 Å². The minimum atomic E-state index is -3.10. The van der Waals surface area contributed by atoms with E-state index in [1.54, 1.807) is 19.1 Å². The lowest BCUT2D eigenvalue weighted by Crippen LogP contribution is -2.35. The molecule has 1 aromatic carbocycles. The van der Waals surface area contributed by atoms with Crippen LogP contribution in [-0.2, 0) is 9.84 Å². The Morgan fingerprint density at radius 3 is 2.43 bits per heavy atom. The van der Waals surface area contributed by atoms with Crippen molar-refractivity contribution in [3.05, 3.63) is 36.4 Å². The summed E-state index contributed by atoms with van der Waals surface area (Å²) in [5, 5.41) is 0. The van der Waals surface area contributed by atoms with E-state index in [1.807, 2.05) is 12.1 Å². The first-order valence-electron chi connectivity index (χ1n) is 7.57. The second-order valence-corrected chi connectivity index (χ2v) is 7.99. The monoisotopic (exact) mass is 306 g/mol. The first-order chi connectivity index (χ1) is 10.1. The molecular weight excluding hydrogens is 284 g/mol. The molecule has 2 aliphatic heterocycles. The van der Waals surface area contributed by atoms with Crippen LogP contribution in [0.1, 0.15) is 13.3 Å². The van der Waals surface area contributed by atoms with Crippen LogP contribution in [0.5, 0.6) is 0 Å². The average Bonchev–Trinajstić information content (AvgIpc) is 3.18. The van der Waals surface area contributed by atoms with E-state index < -0.39 is 9.84 Å². The lowest BCUT2D eigenvalue weighted by molar-refractivity contribution is 0.271. The fraction of sp³-hybridized carbons (Fsp3) is 0.500. The molecule has 0 spiro atoms. The van der Waals surface area contributed by atoms with Crippen molar-refractivity contribution < 1.29 is 8.42 Å². The molecule has 3 rings (SSSR count). The molecule has 0 radical (unpaired) electrons. The Hall–Kier alpha value is -1.33. The van der Waals surface area contributed by atoms with Crippen LogP contribution in [0.4, 0.5) is 5.69 Å². The molecule has 1 fully saturated rings. The first kappa shape index (κ1) is 14.6. The predicted molar refractivity (Wildman–Crippen MR) is 85.5 cm³/mol. The molecule has 0 bridgehead atoms. The summed E-state index contributed by atoms with van der Waals surface area (Å²) in [5.74, 6) is 0.153. The highest BCUT2D eigenvalue weighted by atomic mass is 32.2. The molecule has 0 N–H and O–H groups in total. The average molecular weight is 306 g/mol. The highest BCUT2D eigenvalue weighted by Gasteiger charge is 2.28. The minimum Gasteiger partial charge on any atom is -0.370 e. The summed E-state index contributed by atoms with van der Waals surface area (Å²) < 4.78 is 23.7. The van der Waals surface area contributed by atoms with E-state index in [9.17, 15) is 8.42 Å². The zero-order chi connectivity index (χ0) is 14.9. The van der Waals surface area contributed by atoms with Crippen molar-refractivity contribution in [2.75, 3.05) is 36.8 Å². The molecule has 1 aromatic rings.